The van der Waals surface area contributed by atoms with Gasteiger partial charge in [-0.05, 0) is 23.8 Å². The van der Waals surface area contributed by atoms with E-state index < -0.39 is 33.7 Å². The predicted octanol–water partition coefficient (Wildman–Crippen LogP) is 0.894. The smallest absolute Gasteiger partial charge is 0.385 e. The van der Waals surface area contributed by atoms with E-state index >= 15 is 0 Å². The van der Waals surface area contributed by atoms with Gasteiger partial charge in [0, 0.05) is 32.0 Å². The Labute approximate surface area is 193 Å². The van der Waals surface area contributed by atoms with Crippen molar-refractivity contribution in [1.29, 1.82) is 0 Å². The fraction of sp³-hybridized carbons (Fsp3) is 0.526. The zero-order chi connectivity index (χ0) is 25.4. The molecule has 0 aliphatic carbocycles. The molecule has 2 heterocycles. The summed E-state index contributed by atoms with van der Waals surface area (Å²) in [7, 11) is 2.92. The molecule has 1 aromatic heterocycles. The second-order valence-corrected chi connectivity index (χ2v) is 7.13. The van der Waals surface area contributed by atoms with Crippen LogP contribution in [-0.4, -0.2) is 65.0 Å². The standard InChI is InChI=1S/C19H25N5O10/c1-11-13(18(25)32-6-5-7-34-24(29)30)15(16-17(23(27)28)20-10-22(16)3)14(12(2)21-11)19(26)33-9-8-31-4/h10,15,21H,5-9H2,1-4H3. The lowest BCUT2D eigenvalue weighted by Gasteiger charge is -2.29. The van der Waals surface area contributed by atoms with Crippen LogP contribution in [0.5, 0.6) is 0 Å². The van der Waals surface area contributed by atoms with Gasteiger partial charge in [-0.15, -0.1) is 10.1 Å². The average molecular weight is 483 g/mol. The summed E-state index contributed by atoms with van der Waals surface area (Å²) in [6.07, 6.45) is 1.23. The SMILES string of the molecule is COCCOC(=O)C1=C(C)NC(C)=C(C(=O)OCCCO[N+](=O)[O-])C1c1c([N+](=O)[O-])ncn1C. The molecule has 1 aliphatic rings. The molecule has 1 atom stereocenters. The van der Waals surface area contributed by atoms with E-state index in [1.165, 1.54) is 25.1 Å². The number of nitrogens with one attached hydrogen (secondary N) is 1. The number of methoxy groups -OCH3 is 1. The molecule has 0 aromatic carbocycles. The number of esters is 2. The number of dihydropyridines is 1. The van der Waals surface area contributed by atoms with Gasteiger partial charge in [-0.1, -0.05) is 0 Å². The molecular formula is C19H25N5O10. The van der Waals surface area contributed by atoms with Gasteiger partial charge in [-0.2, -0.15) is 0 Å². The maximum absolute atomic E-state index is 13.0. The Balaban J connectivity index is 2.47. The molecule has 15 heteroatoms. The molecule has 15 nitrogen and oxygen atoms in total. The summed E-state index contributed by atoms with van der Waals surface area (Å²) in [5.74, 6) is -3.45. The molecule has 1 N–H and O–H groups in total. The summed E-state index contributed by atoms with van der Waals surface area (Å²) in [6, 6.07) is 0. The average Bonchev–Trinajstić information content (AvgIpc) is 3.14. The summed E-state index contributed by atoms with van der Waals surface area (Å²) in [5, 5.41) is 23.9. The first-order chi connectivity index (χ1) is 16.1. The van der Waals surface area contributed by atoms with Gasteiger partial charge < -0.3 is 39.0 Å². The van der Waals surface area contributed by atoms with Gasteiger partial charge in [0.25, 0.3) is 5.09 Å². The molecule has 2 rings (SSSR count). The van der Waals surface area contributed by atoms with Crippen LogP contribution in [-0.2, 0) is 35.7 Å². The van der Waals surface area contributed by atoms with Crippen LogP contribution in [0.25, 0.3) is 0 Å². The second-order valence-electron chi connectivity index (χ2n) is 7.13. The van der Waals surface area contributed by atoms with E-state index in [0.717, 1.165) is 0 Å². The van der Waals surface area contributed by atoms with Crippen LogP contribution >= 0.6 is 0 Å². The van der Waals surface area contributed by atoms with Crippen LogP contribution in [0.1, 0.15) is 31.9 Å². The van der Waals surface area contributed by atoms with E-state index in [0.29, 0.717) is 11.4 Å². The van der Waals surface area contributed by atoms with Crippen molar-refractivity contribution in [2.45, 2.75) is 26.2 Å². The summed E-state index contributed by atoms with van der Waals surface area (Å²) < 4.78 is 16.7. The lowest BCUT2D eigenvalue weighted by molar-refractivity contribution is -0.757. The number of aromatic nitrogens is 2. The number of allylic oxidation sites excluding steroid dienone is 2. The quantitative estimate of drug-likeness (QED) is 0.192. The van der Waals surface area contributed by atoms with Crippen LogP contribution in [0.2, 0.25) is 0 Å². The van der Waals surface area contributed by atoms with Crippen LogP contribution in [0.15, 0.2) is 28.9 Å². The van der Waals surface area contributed by atoms with Gasteiger partial charge in [-0.3, -0.25) is 0 Å². The number of hydrogen-bond donors (Lipinski definition) is 1. The Bertz CT molecular complexity index is 1030. The molecule has 0 fully saturated rings. The van der Waals surface area contributed by atoms with E-state index in [2.05, 4.69) is 15.1 Å². The molecule has 0 radical (unpaired) electrons. The maximum atomic E-state index is 13.0. The third kappa shape index (κ3) is 6.06. The third-order valence-corrected chi connectivity index (χ3v) is 4.85. The van der Waals surface area contributed by atoms with Crippen LogP contribution < -0.4 is 5.32 Å². The first kappa shape index (κ1) is 26.2. The van der Waals surface area contributed by atoms with E-state index in [-0.39, 0.29) is 49.7 Å². The normalized spacial score (nSPS) is 15.6. The van der Waals surface area contributed by atoms with Gasteiger partial charge >= 0.3 is 17.8 Å². The Morgan fingerprint density at radius 3 is 2.18 bits per heavy atom. The predicted molar refractivity (Wildman–Crippen MR) is 112 cm³/mol. The summed E-state index contributed by atoms with van der Waals surface area (Å²) in [5.41, 5.74) is 0.519. The lowest BCUT2D eigenvalue weighted by Crippen LogP contribution is -2.34. The number of carbonyl (C=O) groups is 2. The van der Waals surface area contributed by atoms with Crippen molar-refractivity contribution in [1.82, 2.24) is 14.9 Å². The van der Waals surface area contributed by atoms with Crippen molar-refractivity contribution in [3.05, 3.63) is 54.8 Å². The molecule has 34 heavy (non-hydrogen) atoms. The molecule has 0 amide bonds. The number of ether oxygens (including phenoxy) is 3. The topological polar surface area (TPSA) is 187 Å². The molecule has 1 aromatic rings. The van der Waals surface area contributed by atoms with E-state index in [1.54, 1.807) is 13.8 Å². The number of imidazole rings is 1. The minimum absolute atomic E-state index is 0.0208. The van der Waals surface area contributed by atoms with Crippen molar-refractivity contribution >= 4 is 17.8 Å². The monoisotopic (exact) mass is 483 g/mol. The summed E-state index contributed by atoms with van der Waals surface area (Å²) >= 11 is 0. The Kier molecular flexibility index (Phi) is 9.06. The van der Waals surface area contributed by atoms with Crippen molar-refractivity contribution in [2.75, 3.05) is 33.5 Å². The fourth-order valence-electron chi connectivity index (χ4n) is 3.45. The summed E-state index contributed by atoms with van der Waals surface area (Å²) in [4.78, 5) is 55.2. The highest BCUT2D eigenvalue weighted by atomic mass is 16.9. The van der Waals surface area contributed by atoms with Gasteiger partial charge in [0.15, 0.2) is 0 Å². The van der Waals surface area contributed by atoms with E-state index in [1.807, 2.05) is 0 Å². The van der Waals surface area contributed by atoms with Crippen LogP contribution in [0.4, 0.5) is 5.82 Å². The number of rotatable bonds is 12. The number of carbonyl (C=O) groups excluding carboxylic acids is 2. The number of aryl methyl sites for hydroxylation is 1. The first-order valence-electron chi connectivity index (χ1n) is 10.0. The van der Waals surface area contributed by atoms with Crippen molar-refractivity contribution < 1.29 is 38.6 Å². The Morgan fingerprint density at radius 1 is 1.06 bits per heavy atom. The first-order valence-corrected chi connectivity index (χ1v) is 10.0. The maximum Gasteiger partial charge on any atom is 0.385 e. The molecule has 0 spiro atoms. The van der Waals surface area contributed by atoms with Crippen molar-refractivity contribution in [3.63, 3.8) is 0 Å². The lowest BCUT2D eigenvalue weighted by atomic mass is 9.82. The number of nitrogens with zero attached hydrogens (tertiary/aromatic N) is 4. The second kappa shape index (κ2) is 11.7. The Morgan fingerprint density at radius 2 is 1.65 bits per heavy atom. The highest BCUT2D eigenvalue weighted by Crippen LogP contribution is 2.42. The summed E-state index contributed by atoms with van der Waals surface area (Å²) in [6.45, 7) is 2.66. The minimum Gasteiger partial charge on any atom is -0.462 e. The van der Waals surface area contributed by atoms with Crippen LogP contribution in [0.3, 0.4) is 0 Å². The highest BCUT2D eigenvalue weighted by Gasteiger charge is 2.43. The van der Waals surface area contributed by atoms with Gasteiger partial charge in [0.05, 0.1) is 36.9 Å². The Hall–Kier alpha value is -4.01. The molecular weight excluding hydrogens is 458 g/mol. The molecule has 186 valence electrons. The molecule has 0 bridgehead atoms. The molecule has 0 saturated carbocycles. The fourth-order valence-corrected chi connectivity index (χ4v) is 3.45. The van der Waals surface area contributed by atoms with Gasteiger partial charge in [0.2, 0.25) is 6.33 Å². The van der Waals surface area contributed by atoms with Crippen LogP contribution in [0, 0.1) is 20.2 Å². The zero-order valence-electron chi connectivity index (χ0n) is 19.1. The number of hydrogen-bond acceptors (Lipinski definition) is 12. The van der Waals surface area contributed by atoms with E-state index in [4.69, 9.17) is 14.2 Å². The third-order valence-electron chi connectivity index (χ3n) is 4.85. The van der Waals surface area contributed by atoms with E-state index in [9.17, 15) is 29.8 Å². The molecule has 1 unspecified atom stereocenters. The van der Waals surface area contributed by atoms with Crippen molar-refractivity contribution in [3.8, 4) is 0 Å². The minimum atomic E-state index is -1.23. The van der Waals surface area contributed by atoms with Gasteiger partial charge in [-0.25, -0.2) is 9.59 Å². The molecule has 0 saturated heterocycles. The number of nitro groups is 1. The molecule has 1 aliphatic heterocycles. The zero-order valence-corrected chi connectivity index (χ0v) is 19.1. The largest absolute Gasteiger partial charge is 0.462 e. The van der Waals surface area contributed by atoms with Gasteiger partial charge in [0.1, 0.15) is 12.3 Å². The van der Waals surface area contributed by atoms with Crippen molar-refractivity contribution in [2.24, 2.45) is 7.05 Å². The highest BCUT2D eigenvalue weighted by molar-refractivity contribution is 6.00.